The highest BCUT2D eigenvalue weighted by Crippen LogP contribution is 2.56. The van der Waals surface area contributed by atoms with Crippen molar-refractivity contribution in [2.24, 2.45) is 16.9 Å². The summed E-state index contributed by atoms with van der Waals surface area (Å²) in [5.74, 6) is -0.738. The molecule has 162 valence electrons. The van der Waals surface area contributed by atoms with Crippen LogP contribution in [-0.4, -0.2) is 23.2 Å². The van der Waals surface area contributed by atoms with Gasteiger partial charge in [-0.25, -0.2) is 0 Å². The Kier molecular flexibility index (Phi) is 6.26. The maximum absolute atomic E-state index is 12.7. The zero-order valence-corrected chi connectivity index (χ0v) is 17.5. The Morgan fingerprint density at radius 2 is 1.59 bits per heavy atom. The van der Waals surface area contributed by atoms with Crippen molar-refractivity contribution in [2.45, 2.75) is 12.8 Å². The maximum atomic E-state index is 12.7. The maximum Gasteiger partial charge on any atom is 0.310 e. The lowest BCUT2D eigenvalue weighted by Gasteiger charge is -2.09. The molecule has 0 spiro atoms. The standard InChI is InChI=1S/C25H23N3O4/c1-2-32-25(29)23-21(17-9-5-3-6-10-17)22(23)24(18-11-7-4-8-12-18)27-26-19-13-15-20(16-14-19)28(30)31/h3-16,21-23,26H,2H2,1H3/b27-24-. The summed E-state index contributed by atoms with van der Waals surface area (Å²) in [7, 11) is 0. The highest BCUT2D eigenvalue weighted by Gasteiger charge is 2.59. The number of hydrazone groups is 1. The number of carbonyl (C=O) groups excluding carboxylic acids is 1. The Balaban J connectivity index is 1.68. The number of esters is 1. The van der Waals surface area contributed by atoms with Crippen molar-refractivity contribution in [1.82, 2.24) is 0 Å². The van der Waals surface area contributed by atoms with E-state index < -0.39 is 4.92 Å². The van der Waals surface area contributed by atoms with Crippen LogP contribution in [0, 0.1) is 22.0 Å². The van der Waals surface area contributed by atoms with Gasteiger partial charge in [0.2, 0.25) is 0 Å². The van der Waals surface area contributed by atoms with E-state index in [-0.39, 0.29) is 29.4 Å². The normalized spacial score (nSPS) is 19.8. The van der Waals surface area contributed by atoms with Gasteiger partial charge in [0.1, 0.15) is 0 Å². The smallest absolute Gasteiger partial charge is 0.310 e. The van der Waals surface area contributed by atoms with E-state index in [4.69, 9.17) is 4.74 Å². The molecule has 0 saturated heterocycles. The van der Waals surface area contributed by atoms with E-state index in [2.05, 4.69) is 10.5 Å². The lowest BCUT2D eigenvalue weighted by molar-refractivity contribution is -0.384. The summed E-state index contributed by atoms with van der Waals surface area (Å²) in [4.78, 5) is 23.2. The molecular formula is C25H23N3O4. The first-order chi connectivity index (χ1) is 15.6. The Bertz CT molecular complexity index is 1110. The summed E-state index contributed by atoms with van der Waals surface area (Å²) in [5.41, 5.74) is 6.35. The first kappa shape index (κ1) is 21.2. The predicted octanol–water partition coefficient (Wildman–Crippen LogP) is 5.00. The van der Waals surface area contributed by atoms with Crippen LogP contribution < -0.4 is 5.43 Å². The molecule has 0 aromatic heterocycles. The van der Waals surface area contributed by atoms with Gasteiger partial charge in [0.25, 0.3) is 5.69 Å². The fraction of sp³-hybridized carbons (Fsp3) is 0.200. The van der Waals surface area contributed by atoms with Gasteiger partial charge in [0, 0.05) is 24.0 Å². The fourth-order valence-electron chi connectivity index (χ4n) is 4.00. The van der Waals surface area contributed by atoms with E-state index in [1.807, 2.05) is 60.7 Å². The van der Waals surface area contributed by atoms with Gasteiger partial charge in [-0.2, -0.15) is 5.10 Å². The number of carbonyl (C=O) groups is 1. The first-order valence-electron chi connectivity index (χ1n) is 10.4. The molecule has 0 radical (unpaired) electrons. The molecule has 0 aliphatic heterocycles. The molecule has 1 aliphatic rings. The lowest BCUT2D eigenvalue weighted by Crippen LogP contribution is -2.14. The number of hydrogen-bond acceptors (Lipinski definition) is 6. The van der Waals surface area contributed by atoms with Crippen molar-refractivity contribution < 1.29 is 14.5 Å². The Hall–Kier alpha value is -4.00. The summed E-state index contributed by atoms with van der Waals surface area (Å²) < 4.78 is 5.35. The van der Waals surface area contributed by atoms with Crippen molar-refractivity contribution in [3.8, 4) is 0 Å². The third kappa shape index (κ3) is 4.51. The fourth-order valence-corrected chi connectivity index (χ4v) is 4.00. The average molecular weight is 429 g/mol. The molecule has 7 nitrogen and oxygen atoms in total. The molecule has 1 aliphatic carbocycles. The van der Waals surface area contributed by atoms with Crippen LogP contribution in [0.4, 0.5) is 11.4 Å². The van der Waals surface area contributed by atoms with E-state index in [0.717, 1.165) is 16.8 Å². The summed E-state index contributed by atoms with van der Waals surface area (Å²) >= 11 is 0. The molecule has 32 heavy (non-hydrogen) atoms. The summed E-state index contributed by atoms with van der Waals surface area (Å²) in [5, 5.41) is 15.6. The lowest BCUT2D eigenvalue weighted by atomic mass is 10.0. The minimum atomic E-state index is -0.443. The molecule has 0 amide bonds. The van der Waals surface area contributed by atoms with Gasteiger partial charge in [-0.05, 0) is 30.2 Å². The van der Waals surface area contributed by atoms with Gasteiger partial charge in [-0.3, -0.25) is 20.3 Å². The van der Waals surface area contributed by atoms with Gasteiger partial charge < -0.3 is 4.74 Å². The number of non-ortho nitro benzene ring substituents is 1. The monoisotopic (exact) mass is 429 g/mol. The van der Waals surface area contributed by atoms with Crippen LogP contribution in [0.25, 0.3) is 0 Å². The third-order valence-electron chi connectivity index (χ3n) is 5.53. The zero-order chi connectivity index (χ0) is 22.5. The van der Waals surface area contributed by atoms with Crippen molar-refractivity contribution in [2.75, 3.05) is 12.0 Å². The number of anilines is 1. The molecule has 3 unspecified atom stereocenters. The number of nitrogens with zero attached hydrogens (tertiary/aromatic N) is 2. The van der Waals surface area contributed by atoms with Crippen LogP contribution in [0.1, 0.15) is 24.0 Å². The van der Waals surface area contributed by atoms with E-state index in [1.165, 1.54) is 12.1 Å². The number of nitro benzene ring substituents is 1. The number of nitro groups is 1. The molecule has 0 heterocycles. The predicted molar refractivity (Wildman–Crippen MR) is 122 cm³/mol. The van der Waals surface area contributed by atoms with Crippen LogP contribution >= 0.6 is 0 Å². The van der Waals surface area contributed by atoms with E-state index in [1.54, 1.807) is 19.1 Å². The second kappa shape index (κ2) is 9.43. The second-order valence-corrected chi connectivity index (χ2v) is 7.52. The second-order valence-electron chi connectivity index (χ2n) is 7.52. The van der Waals surface area contributed by atoms with Crippen LogP contribution in [0.2, 0.25) is 0 Å². The third-order valence-corrected chi connectivity index (χ3v) is 5.53. The molecule has 1 N–H and O–H groups in total. The average Bonchev–Trinajstić information content (AvgIpc) is 3.56. The van der Waals surface area contributed by atoms with E-state index >= 15 is 0 Å². The van der Waals surface area contributed by atoms with Gasteiger partial charge in [0.15, 0.2) is 0 Å². The van der Waals surface area contributed by atoms with Crippen LogP contribution in [0.3, 0.4) is 0 Å². The summed E-state index contributed by atoms with van der Waals surface area (Å²) in [6.07, 6.45) is 0. The molecule has 7 heteroatoms. The number of rotatable bonds is 8. The number of hydrogen-bond donors (Lipinski definition) is 1. The van der Waals surface area contributed by atoms with Crippen molar-refractivity contribution >= 4 is 23.1 Å². The van der Waals surface area contributed by atoms with Gasteiger partial charge in [-0.15, -0.1) is 0 Å². The highest BCUT2D eigenvalue weighted by molar-refractivity contribution is 6.08. The van der Waals surface area contributed by atoms with Gasteiger partial charge >= 0.3 is 5.97 Å². The molecular weight excluding hydrogens is 406 g/mol. The van der Waals surface area contributed by atoms with Crippen LogP contribution in [-0.2, 0) is 9.53 Å². The quantitative estimate of drug-likeness (QED) is 0.235. The minimum Gasteiger partial charge on any atom is -0.466 e. The molecule has 3 aromatic rings. The van der Waals surface area contributed by atoms with E-state index in [9.17, 15) is 14.9 Å². The topological polar surface area (TPSA) is 93.8 Å². The Morgan fingerprint density at radius 1 is 0.969 bits per heavy atom. The number of ether oxygens (including phenoxy) is 1. The van der Waals surface area contributed by atoms with Crippen molar-refractivity contribution in [1.29, 1.82) is 0 Å². The molecule has 1 fully saturated rings. The SMILES string of the molecule is CCOC(=O)C1C(/C(=N\Nc2ccc([N+](=O)[O-])cc2)c2ccccc2)C1c1ccccc1. The highest BCUT2D eigenvalue weighted by atomic mass is 16.6. The van der Waals surface area contributed by atoms with E-state index in [0.29, 0.717) is 12.3 Å². The Morgan fingerprint density at radius 3 is 2.19 bits per heavy atom. The van der Waals surface area contributed by atoms with Crippen LogP contribution in [0.5, 0.6) is 0 Å². The van der Waals surface area contributed by atoms with Crippen LogP contribution in [0.15, 0.2) is 90.0 Å². The molecule has 0 bridgehead atoms. The molecule has 3 atom stereocenters. The number of nitrogens with one attached hydrogen (secondary N) is 1. The summed E-state index contributed by atoms with van der Waals surface area (Å²) in [6.45, 7) is 2.12. The van der Waals surface area contributed by atoms with Crippen molar-refractivity contribution in [3.05, 3.63) is 106 Å². The number of benzene rings is 3. The van der Waals surface area contributed by atoms with Gasteiger partial charge in [0.05, 0.1) is 28.8 Å². The molecule has 1 saturated carbocycles. The largest absolute Gasteiger partial charge is 0.466 e. The summed E-state index contributed by atoms with van der Waals surface area (Å²) in [6, 6.07) is 25.6. The molecule has 3 aromatic carbocycles. The zero-order valence-electron chi connectivity index (χ0n) is 17.5. The van der Waals surface area contributed by atoms with Crippen molar-refractivity contribution in [3.63, 3.8) is 0 Å². The Labute approximate surface area is 185 Å². The first-order valence-corrected chi connectivity index (χ1v) is 10.4. The van der Waals surface area contributed by atoms with Gasteiger partial charge in [-0.1, -0.05) is 60.7 Å². The molecule has 4 rings (SSSR count). The minimum absolute atomic E-state index is 0.0107.